The van der Waals surface area contributed by atoms with Crippen molar-refractivity contribution in [1.29, 1.82) is 5.26 Å². The maximum absolute atomic E-state index is 13.7. The lowest BCUT2D eigenvalue weighted by molar-refractivity contribution is 0.0600. The molecule has 1 aromatic heterocycles. The van der Waals surface area contributed by atoms with Gasteiger partial charge in [0.1, 0.15) is 30.5 Å². The minimum absolute atomic E-state index is 0.0768. The Balaban J connectivity index is 1.71. The number of carbonyl (C=O) groups is 1. The maximum atomic E-state index is 13.7. The summed E-state index contributed by atoms with van der Waals surface area (Å²) in [7, 11) is 1.34. The molecule has 0 aliphatic carbocycles. The molecule has 0 saturated carbocycles. The van der Waals surface area contributed by atoms with Crippen molar-refractivity contribution >= 4 is 5.97 Å². The van der Waals surface area contributed by atoms with E-state index in [0.29, 0.717) is 41.3 Å². The Kier molecular flexibility index (Phi) is 4.92. The number of rotatable bonds is 4. The van der Waals surface area contributed by atoms with E-state index in [1.807, 2.05) is 16.7 Å². The van der Waals surface area contributed by atoms with Crippen LogP contribution in [0.4, 0.5) is 4.39 Å². The molecule has 0 amide bonds. The van der Waals surface area contributed by atoms with Gasteiger partial charge in [0.05, 0.1) is 42.1 Å². The standard InChI is InChI=1S/C22H17FN2O4/c1-27-22(26)16-10-18-21-19(28-6-5-25(18)12-16)3-2-4-20(21)29-13-15-7-14(11-24)8-17(23)9-15/h2-4,7-10,12H,5-6,13H2,1H3. The van der Waals surface area contributed by atoms with Gasteiger partial charge in [-0.3, -0.25) is 0 Å². The number of hydrogen-bond donors (Lipinski definition) is 0. The van der Waals surface area contributed by atoms with E-state index in [2.05, 4.69) is 0 Å². The lowest BCUT2D eigenvalue weighted by Gasteiger charge is -2.14. The summed E-state index contributed by atoms with van der Waals surface area (Å²) in [5.41, 5.74) is 2.69. The van der Waals surface area contributed by atoms with Gasteiger partial charge < -0.3 is 18.8 Å². The Labute approximate surface area is 166 Å². The smallest absolute Gasteiger partial charge is 0.339 e. The number of aromatic nitrogens is 1. The molecule has 0 radical (unpaired) electrons. The molecule has 7 heteroatoms. The average molecular weight is 392 g/mol. The first-order valence-electron chi connectivity index (χ1n) is 8.96. The van der Waals surface area contributed by atoms with Crippen LogP contribution in [0, 0.1) is 17.1 Å². The molecule has 0 unspecified atom stereocenters. The lowest BCUT2D eigenvalue weighted by Crippen LogP contribution is -2.05. The van der Waals surface area contributed by atoms with E-state index >= 15 is 0 Å². The van der Waals surface area contributed by atoms with Crippen molar-refractivity contribution in [2.24, 2.45) is 0 Å². The van der Waals surface area contributed by atoms with Crippen LogP contribution in [0.2, 0.25) is 0 Å². The first-order valence-corrected chi connectivity index (χ1v) is 8.96. The highest BCUT2D eigenvalue weighted by atomic mass is 19.1. The summed E-state index contributed by atoms with van der Waals surface area (Å²) in [6, 6.07) is 13.2. The summed E-state index contributed by atoms with van der Waals surface area (Å²) in [6.45, 7) is 1.08. The molecule has 0 atom stereocenters. The topological polar surface area (TPSA) is 73.5 Å². The normalized spacial score (nSPS) is 12.0. The number of esters is 1. The molecule has 0 bridgehead atoms. The van der Waals surface area contributed by atoms with Gasteiger partial charge in [0.15, 0.2) is 0 Å². The summed E-state index contributed by atoms with van der Waals surface area (Å²) in [5, 5.41) is 9.02. The minimum Gasteiger partial charge on any atom is -0.491 e. The van der Waals surface area contributed by atoms with E-state index < -0.39 is 11.8 Å². The van der Waals surface area contributed by atoms with Crippen LogP contribution in [0.15, 0.2) is 48.7 Å². The van der Waals surface area contributed by atoms with Gasteiger partial charge in [0.2, 0.25) is 0 Å². The highest BCUT2D eigenvalue weighted by Crippen LogP contribution is 2.41. The summed E-state index contributed by atoms with van der Waals surface area (Å²) in [6.07, 6.45) is 1.72. The van der Waals surface area contributed by atoms with Crippen molar-refractivity contribution in [3.8, 4) is 28.8 Å². The summed E-state index contributed by atoms with van der Waals surface area (Å²) >= 11 is 0. The molecular formula is C22H17FN2O4. The summed E-state index contributed by atoms with van der Waals surface area (Å²) in [4.78, 5) is 12.0. The highest BCUT2D eigenvalue weighted by Gasteiger charge is 2.23. The van der Waals surface area contributed by atoms with Crippen molar-refractivity contribution in [2.45, 2.75) is 13.2 Å². The van der Waals surface area contributed by atoms with E-state index in [0.717, 1.165) is 5.69 Å². The van der Waals surface area contributed by atoms with Crippen LogP contribution in [0.25, 0.3) is 11.3 Å². The van der Waals surface area contributed by atoms with Gasteiger partial charge >= 0.3 is 5.97 Å². The van der Waals surface area contributed by atoms with E-state index in [1.165, 1.54) is 19.2 Å². The molecule has 1 aliphatic rings. The maximum Gasteiger partial charge on any atom is 0.339 e. The number of nitriles is 1. The number of nitrogens with zero attached hydrogens (tertiary/aromatic N) is 2. The Morgan fingerprint density at radius 1 is 1.31 bits per heavy atom. The highest BCUT2D eigenvalue weighted by molar-refractivity contribution is 5.92. The third-order valence-corrected chi connectivity index (χ3v) is 4.63. The van der Waals surface area contributed by atoms with Gasteiger partial charge in [-0.2, -0.15) is 5.26 Å². The quantitative estimate of drug-likeness (QED) is 0.629. The third-order valence-electron chi connectivity index (χ3n) is 4.63. The molecule has 0 spiro atoms. The Morgan fingerprint density at radius 3 is 2.97 bits per heavy atom. The number of halogens is 1. The number of ether oxygens (including phenoxy) is 3. The number of carbonyl (C=O) groups excluding carboxylic acids is 1. The van der Waals surface area contributed by atoms with E-state index in [1.54, 1.807) is 30.5 Å². The molecule has 2 heterocycles. The summed E-state index contributed by atoms with van der Waals surface area (Å²) < 4.78 is 32.3. The molecule has 3 aromatic rings. The Morgan fingerprint density at radius 2 is 2.17 bits per heavy atom. The van der Waals surface area contributed by atoms with Crippen molar-refractivity contribution < 1.29 is 23.4 Å². The van der Waals surface area contributed by atoms with E-state index in [-0.39, 0.29) is 12.2 Å². The largest absolute Gasteiger partial charge is 0.491 e. The fraction of sp³-hybridized carbons (Fsp3) is 0.182. The van der Waals surface area contributed by atoms with Crippen LogP contribution in [0.3, 0.4) is 0 Å². The molecule has 1 aliphatic heterocycles. The second-order valence-corrected chi connectivity index (χ2v) is 6.53. The number of fused-ring (bicyclic) bond motifs is 3. The third kappa shape index (κ3) is 3.65. The van der Waals surface area contributed by atoms with Crippen LogP contribution in [-0.2, 0) is 17.9 Å². The number of methoxy groups -OCH3 is 1. The van der Waals surface area contributed by atoms with Gasteiger partial charge in [-0.05, 0) is 42.0 Å². The van der Waals surface area contributed by atoms with E-state index in [9.17, 15) is 9.18 Å². The molecule has 6 nitrogen and oxygen atoms in total. The second-order valence-electron chi connectivity index (χ2n) is 6.53. The number of hydrogen-bond acceptors (Lipinski definition) is 5. The van der Waals surface area contributed by atoms with Gasteiger partial charge in [0.25, 0.3) is 0 Å². The first-order chi connectivity index (χ1) is 14.1. The molecule has 0 N–H and O–H groups in total. The Hall–Kier alpha value is -3.79. The fourth-order valence-corrected chi connectivity index (χ4v) is 3.35. The van der Waals surface area contributed by atoms with Crippen molar-refractivity contribution in [3.63, 3.8) is 0 Å². The van der Waals surface area contributed by atoms with Gasteiger partial charge in [-0.25, -0.2) is 9.18 Å². The Bertz CT molecular complexity index is 1130. The molecule has 2 aromatic carbocycles. The number of benzene rings is 2. The minimum atomic E-state index is -0.491. The van der Waals surface area contributed by atoms with Gasteiger partial charge in [-0.15, -0.1) is 0 Å². The van der Waals surface area contributed by atoms with Crippen molar-refractivity contribution in [2.75, 3.05) is 13.7 Å². The van der Waals surface area contributed by atoms with Crippen LogP contribution < -0.4 is 9.47 Å². The van der Waals surface area contributed by atoms with Crippen LogP contribution in [0.1, 0.15) is 21.5 Å². The van der Waals surface area contributed by atoms with Crippen molar-refractivity contribution in [1.82, 2.24) is 4.57 Å². The van der Waals surface area contributed by atoms with Gasteiger partial charge in [-0.1, -0.05) is 6.07 Å². The van der Waals surface area contributed by atoms with Crippen LogP contribution in [0.5, 0.6) is 11.5 Å². The molecule has 4 rings (SSSR count). The van der Waals surface area contributed by atoms with Crippen molar-refractivity contribution in [3.05, 3.63) is 71.2 Å². The van der Waals surface area contributed by atoms with Crippen LogP contribution in [-0.4, -0.2) is 24.3 Å². The molecule has 29 heavy (non-hydrogen) atoms. The average Bonchev–Trinajstić information content (AvgIpc) is 3.07. The second kappa shape index (κ2) is 7.68. The summed E-state index contributed by atoms with van der Waals surface area (Å²) in [5.74, 6) is 0.250. The fourth-order valence-electron chi connectivity index (χ4n) is 3.35. The zero-order valence-corrected chi connectivity index (χ0v) is 15.6. The predicted octanol–water partition coefficient (Wildman–Crippen LogP) is 3.92. The monoisotopic (exact) mass is 392 g/mol. The zero-order valence-electron chi connectivity index (χ0n) is 15.6. The molecular weight excluding hydrogens is 375 g/mol. The zero-order chi connectivity index (χ0) is 20.4. The van der Waals surface area contributed by atoms with Gasteiger partial charge in [0, 0.05) is 6.20 Å². The molecule has 0 fully saturated rings. The lowest BCUT2D eigenvalue weighted by atomic mass is 10.1. The SMILES string of the molecule is COC(=O)c1cc2n(c1)CCOc1cccc(OCc3cc(F)cc(C#N)c3)c1-2. The first kappa shape index (κ1) is 18.6. The van der Waals surface area contributed by atoms with Crippen LogP contribution >= 0.6 is 0 Å². The molecule has 0 saturated heterocycles. The predicted molar refractivity (Wildman–Crippen MR) is 102 cm³/mol. The van der Waals surface area contributed by atoms with E-state index in [4.69, 9.17) is 19.5 Å². The molecule has 146 valence electrons.